The number of fused-ring (bicyclic) bond motifs is 2. The second kappa shape index (κ2) is 8.07. The minimum atomic E-state index is -0.501. The van der Waals surface area contributed by atoms with Crippen LogP contribution in [0.5, 0.6) is 11.5 Å². The molecule has 2 amide bonds. The van der Waals surface area contributed by atoms with Crippen LogP contribution in [0.4, 0.5) is 0 Å². The topological polar surface area (TPSA) is 109 Å². The van der Waals surface area contributed by atoms with Crippen molar-refractivity contribution in [3.05, 3.63) is 59.1 Å². The summed E-state index contributed by atoms with van der Waals surface area (Å²) >= 11 is 0. The number of carbonyl (C=O) groups excluding carboxylic acids is 2. The Hall–Kier alpha value is -3.85. The lowest BCUT2D eigenvalue weighted by Crippen LogP contribution is -2.68. The molecule has 0 unspecified atom stereocenters. The van der Waals surface area contributed by atoms with E-state index in [1.165, 1.54) is 0 Å². The van der Waals surface area contributed by atoms with E-state index in [1.807, 2.05) is 32.9 Å². The van der Waals surface area contributed by atoms with Crippen LogP contribution >= 0.6 is 0 Å². The lowest BCUT2D eigenvalue weighted by molar-refractivity contribution is -0.0438. The minimum absolute atomic E-state index is 0.00449. The highest BCUT2D eigenvalue weighted by molar-refractivity contribution is 6.08. The first-order valence-electron chi connectivity index (χ1n) is 13.2. The Balaban J connectivity index is 1.18. The molecule has 4 heterocycles. The number of furan rings is 1. The van der Waals surface area contributed by atoms with Gasteiger partial charge in [-0.1, -0.05) is 0 Å². The number of hydrogen-bond donors (Lipinski definition) is 2. The van der Waals surface area contributed by atoms with Gasteiger partial charge in [0, 0.05) is 41.8 Å². The van der Waals surface area contributed by atoms with E-state index < -0.39 is 6.10 Å². The van der Waals surface area contributed by atoms with Gasteiger partial charge >= 0.3 is 0 Å². The first-order chi connectivity index (χ1) is 18.2. The van der Waals surface area contributed by atoms with E-state index in [4.69, 9.17) is 9.15 Å². The summed E-state index contributed by atoms with van der Waals surface area (Å²) in [5, 5.41) is 18.4. The van der Waals surface area contributed by atoms with Gasteiger partial charge in [-0.2, -0.15) is 5.10 Å². The Morgan fingerprint density at radius 2 is 2.00 bits per heavy atom. The van der Waals surface area contributed by atoms with Gasteiger partial charge in [0.2, 0.25) is 0 Å². The van der Waals surface area contributed by atoms with Gasteiger partial charge in [-0.15, -0.1) is 0 Å². The van der Waals surface area contributed by atoms with Crippen molar-refractivity contribution in [2.75, 3.05) is 6.54 Å². The van der Waals surface area contributed by atoms with Crippen LogP contribution in [0.1, 0.15) is 64.6 Å². The number of hydrogen-bond acceptors (Lipinski definition) is 6. The largest absolute Gasteiger partial charge is 0.460 e. The Kier molecular flexibility index (Phi) is 4.95. The van der Waals surface area contributed by atoms with Gasteiger partial charge in [-0.05, 0) is 70.1 Å². The highest BCUT2D eigenvalue weighted by atomic mass is 16.5. The summed E-state index contributed by atoms with van der Waals surface area (Å²) in [4.78, 5) is 28.1. The van der Waals surface area contributed by atoms with Crippen LogP contribution < -0.4 is 10.1 Å². The van der Waals surface area contributed by atoms with E-state index in [9.17, 15) is 14.7 Å². The highest BCUT2D eigenvalue weighted by Gasteiger charge is 2.57. The quantitative estimate of drug-likeness (QED) is 0.409. The average Bonchev–Trinajstić information content (AvgIpc) is 3.46. The fourth-order valence-corrected chi connectivity index (χ4v) is 6.57. The van der Waals surface area contributed by atoms with Crippen molar-refractivity contribution in [1.29, 1.82) is 0 Å². The van der Waals surface area contributed by atoms with Crippen molar-refractivity contribution in [1.82, 2.24) is 19.8 Å². The maximum absolute atomic E-state index is 13.3. The second-order valence-corrected chi connectivity index (χ2v) is 11.4. The standard InChI is InChI=1S/C29H30N4O5/c1-15-8-19(34)13-32(15)28(36)22-14-33-26(16(22)2)23(6-7-30-33)38-20-4-5-21-24(9-20)37-17(3)25(21)27(35)31-29-10-18(11-29)12-29/h4-7,9,14-15,18-19,34H,8,10-13H2,1-3H3,(H,31,35)/t15-,18?,19-,29?/m1/s1. The molecule has 0 radical (unpaired) electrons. The molecule has 4 aliphatic rings. The fourth-order valence-electron chi connectivity index (χ4n) is 6.57. The number of aryl methyl sites for hydroxylation is 2. The van der Waals surface area contributed by atoms with Crippen LogP contribution in [0.15, 0.2) is 41.1 Å². The first-order valence-corrected chi connectivity index (χ1v) is 13.2. The van der Waals surface area contributed by atoms with Crippen LogP contribution in [-0.2, 0) is 0 Å². The first kappa shape index (κ1) is 23.3. The zero-order valence-corrected chi connectivity index (χ0v) is 21.7. The van der Waals surface area contributed by atoms with E-state index in [1.54, 1.807) is 33.9 Å². The monoisotopic (exact) mass is 514 g/mol. The number of likely N-dealkylation sites (tertiary alicyclic amines) is 1. The third kappa shape index (κ3) is 3.45. The average molecular weight is 515 g/mol. The molecule has 3 saturated carbocycles. The number of nitrogens with one attached hydrogen (secondary N) is 1. The highest BCUT2D eigenvalue weighted by Crippen LogP contribution is 2.57. The molecular weight excluding hydrogens is 484 g/mol. The van der Waals surface area contributed by atoms with Gasteiger partial charge in [-0.3, -0.25) is 9.59 Å². The van der Waals surface area contributed by atoms with Crippen LogP contribution in [0, 0.1) is 19.8 Å². The van der Waals surface area contributed by atoms with E-state index in [2.05, 4.69) is 10.4 Å². The number of ether oxygens (including phenoxy) is 1. The number of amides is 2. The number of aliphatic hydroxyl groups excluding tert-OH is 1. The SMILES string of the molecule is Cc1oc2cc(Oc3ccnn4cc(C(=O)N5C[C@H](O)C[C@H]5C)c(C)c34)ccc2c1C(=O)NC12CC(C1)C2. The fraction of sp³-hybridized carbons (Fsp3) is 0.414. The number of aromatic nitrogens is 2. The predicted molar refractivity (Wildman–Crippen MR) is 140 cm³/mol. The smallest absolute Gasteiger partial charge is 0.256 e. The predicted octanol–water partition coefficient (Wildman–Crippen LogP) is 4.37. The van der Waals surface area contributed by atoms with Crippen molar-refractivity contribution in [3.8, 4) is 11.5 Å². The Labute approximate surface area is 219 Å². The third-order valence-electron chi connectivity index (χ3n) is 8.64. The Morgan fingerprint density at radius 3 is 2.68 bits per heavy atom. The molecule has 2 atom stereocenters. The zero-order valence-electron chi connectivity index (χ0n) is 21.7. The molecule has 3 aliphatic carbocycles. The lowest BCUT2D eigenvalue weighted by Gasteiger charge is -2.61. The van der Waals surface area contributed by atoms with Gasteiger partial charge in [-0.25, -0.2) is 4.52 Å². The lowest BCUT2D eigenvalue weighted by atomic mass is 9.50. The van der Waals surface area contributed by atoms with Gasteiger partial charge in [0.1, 0.15) is 22.6 Å². The van der Waals surface area contributed by atoms with E-state index in [-0.39, 0.29) is 23.4 Å². The molecule has 8 rings (SSSR count). The number of β-amino-alcohol motifs (C(OH)–C–C–N with tert-alkyl or cyclic N) is 1. The molecule has 4 fully saturated rings. The molecule has 196 valence electrons. The molecule has 9 nitrogen and oxygen atoms in total. The van der Waals surface area contributed by atoms with Crippen molar-refractivity contribution in [2.45, 2.75) is 64.1 Å². The molecule has 38 heavy (non-hydrogen) atoms. The Bertz CT molecular complexity index is 1620. The van der Waals surface area contributed by atoms with Crippen molar-refractivity contribution < 1.29 is 23.8 Å². The molecule has 4 aromatic rings. The van der Waals surface area contributed by atoms with E-state index in [0.717, 1.165) is 36.1 Å². The third-order valence-corrected chi connectivity index (χ3v) is 8.64. The summed E-state index contributed by atoms with van der Waals surface area (Å²) < 4.78 is 13.9. The molecule has 2 N–H and O–H groups in total. The zero-order chi connectivity index (χ0) is 26.3. The van der Waals surface area contributed by atoms with Crippen molar-refractivity contribution in [3.63, 3.8) is 0 Å². The van der Waals surface area contributed by atoms with Crippen LogP contribution in [-0.4, -0.2) is 55.7 Å². The number of nitrogens with zero attached hydrogens (tertiary/aromatic N) is 3. The van der Waals surface area contributed by atoms with Crippen LogP contribution in [0.3, 0.4) is 0 Å². The molecule has 3 aromatic heterocycles. The molecule has 2 bridgehead atoms. The van der Waals surface area contributed by atoms with Gasteiger partial charge in [0.05, 0.1) is 23.4 Å². The van der Waals surface area contributed by atoms with Gasteiger partial charge in [0.15, 0.2) is 5.75 Å². The van der Waals surface area contributed by atoms with E-state index >= 15 is 0 Å². The van der Waals surface area contributed by atoms with Crippen molar-refractivity contribution in [2.24, 2.45) is 5.92 Å². The van der Waals surface area contributed by atoms with Crippen molar-refractivity contribution >= 4 is 28.3 Å². The maximum Gasteiger partial charge on any atom is 0.256 e. The normalized spacial score (nSPS) is 25.9. The number of rotatable bonds is 5. The molecule has 0 spiro atoms. The molecular formula is C29H30N4O5. The van der Waals surface area contributed by atoms with E-state index in [0.29, 0.717) is 52.5 Å². The maximum atomic E-state index is 13.3. The summed E-state index contributed by atoms with van der Waals surface area (Å²) in [6.45, 7) is 5.96. The summed E-state index contributed by atoms with van der Waals surface area (Å²) in [7, 11) is 0. The molecule has 1 saturated heterocycles. The van der Waals surface area contributed by atoms with Gasteiger partial charge in [0.25, 0.3) is 11.8 Å². The summed E-state index contributed by atoms with van der Waals surface area (Å²) in [5.74, 6) is 2.27. The van der Waals surface area contributed by atoms with Gasteiger partial charge < -0.3 is 24.5 Å². The number of carbonyl (C=O) groups is 2. The number of benzene rings is 1. The number of aliphatic hydroxyl groups is 1. The summed E-state index contributed by atoms with van der Waals surface area (Å²) in [6.07, 6.45) is 6.66. The molecule has 1 aliphatic heterocycles. The van der Waals surface area contributed by atoms with Crippen LogP contribution in [0.2, 0.25) is 0 Å². The molecule has 1 aromatic carbocycles. The second-order valence-electron chi connectivity index (χ2n) is 11.4. The Morgan fingerprint density at radius 1 is 1.21 bits per heavy atom. The summed E-state index contributed by atoms with van der Waals surface area (Å²) in [5.41, 5.74) is 3.14. The van der Waals surface area contributed by atoms with Crippen LogP contribution in [0.25, 0.3) is 16.5 Å². The summed E-state index contributed by atoms with van der Waals surface area (Å²) in [6, 6.07) is 7.20. The minimum Gasteiger partial charge on any atom is -0.460 e. The molecule has 9 heteroatoms.